The van der Waals surface area contributed by atoms with Crippen LogP contribution in [0.3, 0.4) is 0 Å². The molecule has 0 aliphatic carbocycles. The number of hydrogen-bond acceptors (Lipinski definition) is 4. The van der Waals surface area contributed by atoms with Crippen molar-refractivity contribution in [2.45, 2.75) is 12.5 Å². The Kier molecular flexibility index (Phi) is 3.06. The Hall–Kier alpha value is -1.75. The zero-order valence-electron chi connectivity index (χ0n) is 10.9. The second-order valence-corrected chi connectivity index (χ2v) is 5.20. The van der Waals surface area contributed by atoms with Crippen LogP contribution in [0.2, 0.25) is 0 Å². The molecule has 2 heterocycles. The van der Waals surface area contributed by atoms with Gasteiger partial charge in [0.15, 0.2) is 0 Å². The van der Waals surface area contributed by atoms with Crippen molar-refractivity contribution in [2.75, 3.05) is 31.6 Å². The first-order valence-corrected chi connectivity index (χ1v) is 6.60. The molecule has 2 unspecified atom stereocenters. The molecule has 1 aromatic carbocycles. The molecular weight excluding hydrogens is 244 g/mol. The molecule has 2 N–H and O–H groups in total. The number of nitrogens with zero attached hydrogens (tertiary/aromatic N) is 1. The van der Waals surface area contributed by atoms with Crippen LogP contribution in [-0.2, 0) is 4.79 Å². The van der Waals surface area contributed by atoms with Crippen molar-refractivity contribution in [3.05, 3.63) is 23.8 Å². The normalized spacial score (nSPS) is 25.8. The third-order valence-electron chi connectivity index (χ3n) is 3.96. The minimum Gasteiger partial charge on any atom is -0.489 e. The van der Waals surface area contributed by atoms with Gasteiger partial charge in [0.2, 0.25) is 0 Å². The van der Waals surface area contributed by atoms with E-state index in [2.05, 4.69) is 10.2 Å². The van der Waals surface area contributed by atoms with E-state index in [9.17, 15) is 4.79 Å². The van der Waals surface area contributed by atoms with Crippen molar-refractivity contribution in [1.29, 1.82) is 0 Å². The Morgan fingerprint density at radius 1 is 1.53 bits per heavy atom. The lowest BCUT2D eigenvalue weighted by atomic mass is 9.98. The zero-order chi connectivity index (χ0) is 13.4. The fraction of sp³-hybridized carbons (Fsp3) is 0.500. The number of likely N-dealkylation sites (N-methyl/N-ethyl adjacent to an activating group) is 1. The van der Waals surface area contributed by atoms with E-state index in [1.54, 1.807) is 0 Å². The lowest BCUT2D eigenvalue weighted by molar-refractivity contribution is -0.141. The van der Waals surface area contributed by atoms with Crippen molar-refractivity contribution in [3.8, 4) is 5.75 Å². The molecule has 1 saturated heterocycles. The maximum absolute atomic E-state index is 11.0. The summed E-state index contributed by atoms with van der Waals surface area (Å²) >= 11 is 0. The molecule has 0 saturated carbocycles. The minimum atomic E-state index is -0.724. The molecule has 0 aromatic heterocycles. The summed E-state index contributed by atoms with van der Waals surface area (Å²) in [4.78, 5) is 13.2. The number of aliphatic carboxylic acids is 1. The van der Waals surface area contributed by atoms with Gasteiger partial charge in [0.1, 0.15) is 12.4 Å². The quantitative estimate of drug-likeness (QED) is 0.840. The Morgan fingerprint density at radius 2 is 2.37 bits per heavy atom. The van der Waals surface area contributed by atoms with E-state index in [1.165, 1.54) is 0 Å². The van der Waals surface area contributed by atoms with Gasteiger partial charge >= 0.3 is 5.97 Å². The number of ether oxygens (including phenoxy) is 1. The standard InChI is InChI=1S/C14H18N2O3/c1-16-5-6-19-13-10(3-2-4-12(13)16)11-7-9(8-15-11)14(17)18/h2-4,9,11,15H,5-8H2,1H3,(H,17,18). The number of carboxylic acid groups (broad SMARTS) is 1. The Labute approximate surface area is 112 Å². The van der Waals surface area contributed by atoms with Crippen LogP contribution in [0.4, 0.5) is 5.69 Å². The fourth-order valence-electron chi connectivity index (χ4n) is 2.84. The predicted octanol–water partition coefficient (Wildman–Crippen LogP) is 1.25. The highest BCUT2D eigenvalue weighted by Crippen LogP contribution is 2.40. The smallest absolute Gasteiger partial charge is 0.307 e. The van der Waals surface area contributed by atoms with Crippen molar-refractivity contribution in [1.82, 2.24) is 5.32 Å². The molecule has 1 aromatic rings. The van der Waals surface area contributed by atoms with Gasteiger partial charge in [-0.15, -0.1) is 0 Å². The van der Waals surface area contributed by atoms with Gasteiger partial charge in [-0.05, 0) is 12.5 Å². The molecule has 5 nitrogen and oxygen atoms in total. The number of nitrogens with one attached hydrogen (secondary N) is 1. The molecule has 2 atom stereocenters. The zero-order valence-corrected chi connectivity index (χ0v) is 10.9. The molecule has 3 rings (SSSR count). The molecule has 1 fully saturated rings. The molecule has 0 bridgehead atoms. The number of anilines is 1. The van der Waals surface area contributed by atoms with Crippen LogP contribution >= 0.6 is 0 Å². The molecule has 102 valence electrons. The number of rotatable bonds is 2. The topological polar surface area (TPSA) is 61.8 Å². The monoisotopic (exact) mass is 262 g/mol. The van der Waals surface area contributed by atoms with Crippen LogP contribution in [0.15, 0.2) is 18.2 Å². The van der Waals surface area contributed by atoms with Gasteiger partial charge in [-0.3, -0.25) is 4.79 Å². The van der Waals surface area contributed by atoms with E-state index in [-0.39, 0.29) is 12.0 Å². The Bertz CT molecular complexity index is 503. The Balaban J connectivity index is 1.90. The Morgan fingerprint density at radius 3 is 3.11 bits per heavy atom. The lowest BCUT2D eigenvalue weighted by Crippen LogP contribution is -2.30. The van der Waals surface area contributed by atoms with E-state index in [1.807, 2.05) is 25.2 Å². The summed E-state index contributed by atoms with van der Waals surface area (Å²) < 4.78 is 5.80. The van der Waals surface area contributed by atoms with Crippen molar-refractivity contribution < 1.29 is 14.6 Å². The molecule has 0 amide bonds. The molecule has 2 aliphatic heterocycles. The molecular formula is C14H18N2O3. The van der Waals surface area contributed by atoms with Gasteiger partial charge < -0.3 is 20.1 Å². The third kappa shape index (κ3) is 2.14. The summed E-state index contributed by atoms with van der Waals surface area (Å²) in [5, 5.41) is 12.4. The molecule has 2 aliphatic rings. The van der Waals surface area contributed by atoms with Crippen LogP contribution in [0.1, 0.15) is 18.0 Å². The molecule has 0 spiro atoms. The van der Waals surface area contributed by atoms with Crippen molar-refractivity contribution in [3.63, 3.8) is 0 Å². The van der Waals surface area contributed by atoms with Gasteiger partial charge in [-0.1, -0.05) is 12.1 Å². The number of para-hydroxylation sites is 1. The van der Waals surface area contributed by atoms with Gasteiger partial charge in [-0.25, -0.2) is 0 Å². The number of benzene rings is 1. The first kappa shape index (κ1) is 12.3. The van der Waals surface area contributed by atoms with E-state index >= 15 is 0 Å². The fourth-order valence-corrected chi connectivity index (χ4v) is 2.84. The van der Waals surface area contributed by atoms with Gasteiger partial charge in [-0.2, -0.15) is 0 Å². The molecule has 0 radical (unpaired) electrons. The summed E-state index contributed by atoms with van der Waals surface area (Å²) in [6, 6.07) is 6.15. The number of fused-ring (bicyclic) bond motifs is 1. The van der Waals surface area contributed by atoms with Crippen LogP contribution < -0.4 is 15.0 Å². The summed E-state index contributed by atoms with van der Waals surface area (Å²) in [7, 11) is 2.05. The average Bonchev–Trinajstić information content (AvgIpc) is 2.88. The third-order valence-corrected chi connectivity index (χ3v) is 3.96. The highest BCUT2D eigenvalue weighted by atomic mass is 16.5. The summed E-state index contributed by atoms with van der Waals surface area (Å²) in [5.74, 6) is -0.125. The maximum Gasteiger partial charge on any atom is 0.307 e. The number of hydrogen-bond donors (Lipinski definition) is 2. The molecule has 19 heavy (non-hydrogen) atoms. The van der Waals surface area contributed by atoms with Crippen molar-refractivity contribution in [2.24, 2.45) is 5.92 Å². The van der Waals surface area contributed by atoms with Gasteiger partial charge in [0, 0.05) is 25.2 Å². The van der Waals surface area contributed by atoms with E-state index in [0.717, 1.165) is 23.5 Å². The highest BCUT2D eigenvalue weighted by molar-refractivity contribution is 5.71. The van der Waals surface area contributed by atoms with Crippen LogP contribution in [-0.4, -0.2) is 37.8 Å². The molecule has 5 heteroatoms. The summed E-state index contributed by atoms with van der Waals surface area (Å²) in [6.07, 6.45) is 0.624. The first-order chi connectivity index (χ1) is 9.16. The van der Waals surface area contributed by atoms with Crippen LogP contribution in [0.25, 0.3) is 0 Å². The largest absolute Gasteiger partial charge is 0.489 e. The van der Waals surface area contributed by atoms with Crippen LogP contribution in [0, 0.1) is 5.92 Å². The van der Waals surface area contributed by atoms with E-state index < -0.39 is 5.97 Å². The van der Waals surface area contributed by atoms with E-state index in [0.29, 0.717) is 19.6 Å². The summed E-state index contributed by atoms with van der Waals surface area (Å²) in [5.41, 5.74) is 2.16. The van der Waals surface area contributed by atoms with Crippen molar-refractivity contribution >= 4 is 11.7 Å². The predicted molar refractivity (Wildman–Crippen MR) is 71.7 cm³/mol. The second kappa shape index (κ2) is 4.74. The number of carboxylic acids is 1. The summed E-state index contributed by atoms with van der Waals surface area (Å²) in [6.45, 7) is 2.08. The maximum atomic E-state index is 11.0. The first-order valence-electron chi connectivity index (χ1n) is 6.60. The second-order valence-electron chi connectivity index (χ2n) is 5.20. The highest BCUT2D eigenvalue weighted by Gasteiger charge is 2.33. The van der Waals surface area contributed by atoms with Crippen LogP contribution in [0.5, 0.6) is 5.75 Å². The SMILES string of the molecule is CN1CCOc2c(C3CC(C(=O)O)CN3)cccc21. The number of carbonyl (C=O) groups is 1. The average molecular weight is 262 g/mol. The van der Waals surface area contributed by atoms with Gasteiger partial charge in [0.25, 0.3) is 0 Å². The minimum absolute atomic E-state index is 0.0718. The lowest BCUT2D eigenvalue weighted by Gasteiger charge is -2.30. The van der Waals surface area contributed by atoms with E-state index in [4.69, 9.17) is 9.84 Å². The van der Waals surface area contributed by atoms with Gasteiger partial charge in [0.05, 0.1) is 18.2 Å².